The maximum atomic E-state index is 13.5. The van der Waals surface area contributed by atoms with Crippen molar-refractivity contribution in [3.8, 4) is 5.75 Å². The maximum Gasteiger partial charge on any atom is 0.328 e. The quantitative estimate of drug-likeness (QED) is 0.209. The first-order chi connectivity index (χ1) is 19.6. The van der Waals surface area contributed by atoms with E-state index in [1.165, 1.54) is 7.11 Å². The van der Waals surface area contributed by atoms with Gasteiger partial charge in [-0.15, -0.1) is 0 Å². The minimum atomic E-state index is -1.26. The normalized spacial score (nSPS) is 19.3. The number of carbonyl (C=O) groups is 4. The number of hydrogen-bond donors (Lipinski definition) is 5. The number of carbonyl (C=O) groups excluding carboxylic acids is 2. The van der Waals surface area contributed by atoms with Crippen LogP contribution >= 0.6 is 15.9 Å². The molecule has 0 bridgehead atoms. The van der Waals surface area contributed by atoms with Crippen molar-refractivity contribution in [2.75, 3.05) is 52.1 Å². The Bertz CT molecular complexity index is 1100. The Balaban J connectivity index is 0.000000507. The lowest BCUT2D eigenvalue weighted by atomic mass is 9.86. The summed E-state index contributed by atoms with van der Waals surface area (Å²) in [6.45, 7) is 5.40. The van der Waals surface area contributed by atoms with E-state index >= 15 is 0 Å². The SMILES string of the molecule is COc1cc(N)c(Br)cc1C(=O)NC1CCN(C(C(=O)N2CCCC2)C2CCNCC2)CC1.O=C(O)C=CC(=O)O. The summed E-state index contributed by atoms with van der Waals surface area (Å²) in [5, 5.41) is 22.2. The van der Waals surface area contributed by atoms with Crippen molar-refractivity contribution in [1.82, 2.24) is 20.4 Å². The predicted octanol–water partition coefficient (Wildman–Crippen LogP) is 1.94. The molecule has 3 fully saturated rings. The number of nitrogens with zero attached hydrogens (tertiary/aromatic N) is 2. The van der Waals surface area contributed by atoms with Gasteiger partial charge in [0.25, 0.3) is 5.91 Å². The largest absolute Gasteiger partial charge is 0.496 e. The van der Waals surface area contributed by atoms with Crippen molar-refractivity contribution in [3.63, 3.8) is 0 Å². The van der Waals surface area contributed by atoms with Gasteiger partial charge in [-0.05, 0) is 79.5 Å². The van der Waals surface area contributed by atoms with Gasteiger partial charge in [-0.3, -0.25) is 14.5 Å². The second kappa shape index (κ2) is 15.7. The third kappa shape index (κ3) is 9.44. The number of ether oxygens (including phenoxy) is 1. The lowest BCUT2D eigenvalue weighted by molar-refractivity contribution is -0.139. The van der Waals surface area contributed by atoms with Gasteiger partial charge in [-0.2, -0.15) is 0 Å². The molecule has 0 aliphatic carbocycles. The van der Waals surface area contributed by atoms with Crippen molar-refractivity contribution >= 4 is 45.4 Å². The fourth-order valence-corrected chi connectivity index (χ4v) is 5.93. The molecule has 6 N–H and O–H groups in total. The molecule has 13 heteroatoms. The van der Waals surface area contributed by atoms with E-state index in [1.54, 1.807) is 12.1 Å². The highest BCUT2D eigenvalue weighted by Gasteiger charge is 2.39. The molecule has 226 valence electrons. The van der Waals surface area contributed by atoms with Gasteiger partial charge in [0.2, 0.25) is 5.91 Å². The molecule has 2 amide bonds. The molecular formula is C28H40BrN5O7. The predicted molar refractivity (Wildman–Crippen MR) is 157 cm³/mol. The lowest BCUT2D eigenvalue weighted by Crippen LogP contribution is -2.57. The Labute approximate surface area is 248 Å². The molecule has 1 unspecified atom stereocenters. The molecule has 3 aliphatic rings. The number of aliphatic carboxylic acids is 2. The van der Waals surface area contributed by atoms with Gasteiger partial charge in [0, 0.05) is 60.6 Å². The van der Waals surface area contributed by atoms with Crippen molar-refractivity contribution in [1.29, 1.82) is 0 Å². The van der Waals surface area contributed by atoms with Gasteiger partial charge in [0.15, 0.2) is 0 Å². The highest BCUT2D eigenvalue weighted by Crippen LogP contribution is 2.30. The number of likely N-dealkylation sites (tertiary alicyclic amines) is 2. The average Bonchev–Trinajstić information content (AvgIpc) is 3.50. The van der Waals surface area contributed by atoms with E-state index in [9.17, 15) is 19.2 Å². The van der Waals surface area contributed by atoms with E-state index in [2.05, 4.69) is 36.4 Å². The standard InChI is InChI=1S/C24H36BrN5O3.C4H4O4/c1-33-21-15-20(26)19(25)14-18(21)23(31)28-17-6-12-29(13-7-17)22(16-4-8-27-9-5-16)24(32)30-10-2-3-11-30;5-3(6)1-2-4(7)8/h14-17,22,27H,2-13,26H2,1H3,(H,28,31);1-2H,(H,5,6)(H,7,8). The van der Waals surface area contributed by atoms with Crippen molar-refractivity contribution < 1.29 is 34.1 Å². The van der Waals surface area contributed by atoms with Gasteiger partial charge < -0.3 is 36.2 Å². The lowest BCUT2D eigenvalue weighted by Gasteiger charge is -2.42. The summed E-state index contributed by atoms with van der Waals surface area (Å²) < 4.78 is 6.04. The highest BCUT2D eigenvalue weighted by atomic mass is 79.9. The number of anilines is 1. The number of hydrogen-bond acceptors (Lipinski definition) is 8. The fraction of sp³-hybridized carbons (Fsp3) is 0.571. The van der Waals surface area contributed by atoms with Crippen LogP contribution in [-0.2, 0) is 14.4 Å². The number of benzene rings is 1. The Morgan fingerprint density at radius 3 is 2.15 bits per heavy atom. The van der Waals surface area contributed by atoms with Crippen LogP contribution in [0.2, 0.25) is 0 Å². The Morgan fingerprint density at radius 2 is 1.61 bits per heavy atom. The number of piperidine rings is 2. The van der Waals surface area contributed by atoms with Crippen molar-refractivity contribution in [3.05, 3.63) is 34.3 Å². The molecule has 1 atom stereocenters. The number of rotatable bonds is 8. The summed E-state index contributed by atoms with van der Waals surface area (Å²) >= 11 is 3.40. The van der Waals surface area contributed by atoms with Gasteiger partial charge in [0.1, 0.15) is 5.75 Å². The van der Waals surface area contributed by atoms with Crippen LogP contribution in [0.3, 0.4) is 0 Å². The number of nitrogens with two attached hydrogens (primary N) is 1. The summed E-state index contributed by atoms with van der Waals surface area (Å²) in [6, 6.07) is 3.41. The second-order valence-electron chi connectivity index (χ2n) is 10.4. The maximum absolute atomic E-state index is 13.5. The minimum Gasteiger partial charge on any atom is -0.496 e. The van der Waals surface area contributed by atoms with Crippen molar-refractivity contribution in [2.24, 2.45) is 5.92 Å². The third-order valence-corrected chi connectivity index (χ3v) is 8.38. The molecule has 3 heterocycles. The van der Waals surface area contributed by atoms with E-state index in [1.807, 2.05) is 0 Å². The van der Waals surface area contributed by atoms with Crippen LogP contribution in [0, 0.1) is 5.92 Å². The number of halogens is 1. The number of amides is 2. The molecule has 0 saturated carbocycles. The first kappa shape index (κ1) is 32.4. The zero-order valence-electron chi connectivity index (χ0n) is 23.3. The molecule has 1 aromatic rings. The number of carboxylic acid groups (broad SMARTS) is 2. The number of methoxy groups -OCH3 is 1. The molecule has 4 rings (SSSR count). The molecule has 3 saturated heterocycles. The van der Waals surface area contributed by atoms with Crippen LogP contribution in [0.15, 0.2) is 28.8 Å². The molecular weight excluding hydrogens is 598 g/mol. The number of nitrogen functional groups attached to an aromatic ring is 1. The van der Waals surface area contributed by atoms with Gasteiger partial charge in [0.05, 0.1) is 18.7 Å². The molecule has 41 heavy (non-hydrogen) atoms. The van der Waals surface area contributed by atoms with Crippen LogP contribution in [0.1, 0.15) is 48.9 Å². The summed E-state index contributed by atoms with van der Waals surface area (Å²) in [7, 11) is 1.54. The van der Waals surface area contributed by atoms with Gasteiger partial charge in [-0.25, -0.2) is 9.59 Å². The van der Waals surface area contributed by atoms with Gasteiger partial charge in [-0.1, -0.05) is 0 Å². The van der Waals surface area contributed by atoms with Crippen LogP contribution in [-0.4, -0.2) is 102 Å². The minimum absolute atomic E-state index is 0.0324. The fourth-order valence-electron chi connectivity index (χ4n) is 5.58. The van der Waals surface area contributed by atoms with Crippen LogP contribution in [0.5, 0.6) is 5.75 Å². The number of nitrogens with one attached hydrogen (secondary N) is 2. The molecule has 3 aliphatic heterocycles. The van der Waals surface area contributed by atoms with Gasteiger partial charge >= 0.3 is 11.9 Å². The third-order valence-electron chi connectivity index (χ3n) is 7.69. The summed E-state index contributed by atoms with van der Waals surface area (Å²) in [4.78, 5) is 50.0. The van der Waals surface area contributed by atoms with Crippen molar-refractivity contribution in [2.45, 2.75) is 50.6 Å². The Kier molecular flexibility index (Phi) is 12.4. The molecule has 0 radical (unpaired) electrons. The first-order valence-electron chi connectivity index (χ1n) is 13.9. The zero-order chi connectivity index (χ0) is 29.9. The first-order valence-corrected chi connectivity index (χ1v) is 14.7. The second-order valence-corrected chi connectivity index (χ2v) is 11.3. The Morgan fingerprint density at radius 1 is 1.02 bits per heavy atom. The topological polar surface area (TPSA) is 175 Å². The van der Waals surface area contributed by atoms with E-state index in [4.69, 9.17) is 20.7 Å². The number of carboxylic acids is 2. The van der Waals surface area contributed by atoms with Crippen LogP contribution in [0.4, 0.5) is 5.69 Å². The van der Waals surface area contributed by atoms with E-state index < -0.39 is 11.9 Å². The molecule has 12 nitrogen and oxygen atoms in total. The summed E-state index contributed by atoms with van der Waals surface area (Å²) in [5.41, 5.74) is 6.93. The summed E-state index contributed by atoms with van der Waals surface area (Å²) in [5.74, 6) is -1.48. The monoisotopic (exact) mass is 637 g/mol. The zero-order valence-corrected chi connectivity index (χ0v) is 24.9. The van der Waals surface area contributed by atoms with Crippen LogP contribution < -0.4 is 21.1 Å². The highest BCUT2D eigenvalue weighted by molar-refractivity contribution is 9.10. The molecule has 1 aromatic carbocycles. The molecule has 0 spiro atoms. The van der Waals surface area contributed by atoms with E-state index in [-0.39, 0.29) is 18.0 Å². The Hall–Kier alpha value is -3.16. The average molecular weight is 639 g/mol. The molecule has 0 aromatic heterocycles. The van der Waals surface area contributed by atoms with Crippen LogP contribution in [0.25, 0.3) is 0 Å². The smallest absolute Gasteiger partial charge is 0.328 e. The van der Waals surface area contributed by atoms with E-state index in [0.29, 0.717) is 45.5 Å². The summed E-state index contributed by atoms with van der Waals surface area (Å²) in [6.07, 6.45) is 7.11. The van der Waals surface area contributed by atoms with E-state index in [0.717, 1.165) is 77.8 Å².